The molecule has 28 heavy (non-hydrogen) atoms. The fourth-order valence-corrected chi connectivity index (χ4v) is 4.15. The number of rotatable bonds is 8. The van der Waals surface area contributed by atoms with Gasteiger partial charge in [0.25, 0.3) is 5.91 Å². The van der Waals surface area contributed by atoms with Crippen LogP contribution in [0.1, 0.15) is 31.1 Å². The lowest BCUT2D eigenvalue weighted by Gasteiger charge is -2.20. The Morgan fingerprint density at radius 3 is 2.21 bits per heavy atom. The molecule has 1 amide bonds. The van der Waals surface area contributed by atoms with Gasteiger partial charge in [-0.25, -0.2) is 17.2 Å². The van der Waals surface area contributed by atoms with Gasteiger partial charge in [-0.3, -0.25) is 4.79 Å². The SMILES string of the molecule is CCOc1ccc(S(=O)(=O)N(CC)CC)cc1NC(=O)c1c(F)cccc1F. The van der Waals surface area contributed by atoms with E-state index in [0.29, 0.717) is 0 Å². The van der Waals surface area contributed by atoms with E-state index in [1.807, 2.05) is 0 Å². The maximum Gasteiger partial charge on any atom is 0.261 e. The number of amides is 1. The Morgan fingerprint density at radius 2 is 1.68 bits per heavy atom. The predicted molar refractivity (Wildman–Crippen MR) is 102 cm³/mol. The average Bonchev–Trinajstić information content (AvgIpc) is 2.64. The third-order valence-electron chi connectivity index (χ3n) is 4.03. The summed E-state index contributed by atoms with van der Waals surface area (Å²) in [6.45, 7) is 5.92. The van der Waals surface area contributed by atoms with Gasteiger partial charge in [-0.2, -0.15) is 4.31 Å². The number of benzene rings is 2. The molecular weight excluding hydrogens is 390 g/mol. The highest BCUT2D eigenvalue weighted by Crippen LogP contribution is 2.30. The molecule has 9 heteroatoms. The number of hydrogen-bond donors (Lipinski definition) is 1. The summed E-state index contributed by atoms with van der Waals surface area (Å²) in [5.41, 5.74) is -0.760. The smallest absolute Gasteiger partial charge is 0.261 e. The summed E-state index contributed by atoms with van der Waals surface area (Å²) < 4.78 is 59.9. The number of ether oxygens (including phenoxy) is 1. The Balaban J connectivity index is 2.48. The van der Waals surface area contributed by atoms with Crippen LogP contribution in [-0.2, 0) is 10.0 Å². The Hall–Kier alpha value is -2.52. The first-order chi connectivity index (χ1) is 13.3. The van der Waals surface area contributed by atoms with Crippen molar-refractivity contribution in [2.45, 2.75) is 25.7 Å². The van der Waals surface area contributed by atoms with Crippen LogP contribution in [0.25, 0.3) is 0 Å². The van der Waals surface area contributed by atoms with E-state index >= 15 is 0 Å². The zero-order valence-corrected chi connectivity index (χ0v) is 16.6. The highest BCUT2D eigenvalue weighted by molar-refractivity contribution is 7.89. The molecule has 2 aromatic carbocycles. The highest BCUT2D eigenvalue weighted by atomic mass is 32.2. The minimum atomic E-state index is -3.79. The van der Waals surface area contributed by atoms with E-state index in [2.05, 4.69) is 5.32 Å². The van der Waals surface area contributed by atoms with Crippen molar-refractivity contribution in [3.63, 3.8) is 0 Å². The van der Waals surface area contributed by atoms with E-state index in [-0.39, 0.29) is 36.0 Å². The van der Waals surface area contributed by atoms with Gasteiger partial charge in [0.1, 0.15) is 22.9 Å². The number of hydrogen-bond acceptors (Lipinski definition) is 4. The molecular formula is C19H22F2N2O4S. The van der Waals surface area contributed by atoms with Crippen molar-refractivity contribution < 1.29 is 26.7 Å². The number of carbonyl (C=O) groups excluding carboxylic acids is 1. The van der Waals surface area contributed by atoms with Crippen LogP contribution in [0, 0.1) is 11.6 Å². The van der Waals surface area contributed by atoms with Crippen LogP contribution in [0.3, 0.4) is 0 Å². The molecule has 152 valence electrons. The molecule has 0 aliphatic rings. The van der Waals surface area contributed by atoms with E-state index in [0.717, 1.165) is 18.2 Å². The first kappa shape index (κ1) is 21.8. The van der Waals surface area contributed by atoms with E-state index < -0.39 is 33.1 Å². The van der Waals surface area contributed by atoms with Gasteiger partial charge in [0.2, 0.25) is 10.0 Å². The lowest BCUT2D eigenvalue weighted by atomic mass is 10.1. The van der Waals surface area contributed by atoms with Crippen molar-refractivity contribution in [1.82, 2.24) is 4.31 Å². The molecule has 0 spiro atoms. The van der Waals surface area contributed by atoms with Crippen LogP contribution >= 0.6 is 0 Å². The number of anilines is 1. The molecule has 0 bridgehead atoms. The maximum absolute atomic E-state index is 13.9. The molecule has 0 radical (unpaired) electrons. The van der Waals surface area contributed by atoms with Gasteiger partial charge in [-0.15, -0.1) is 0 Å². The largest absolute Gasteiger partial charge is 0.492 e. The summed E-state index contributed by atoms with van der Waals surface area (Å²) in [6.07, 6.45) is 0. The first-order valence-corrected chi connectivity index (χ1v) is 10.2. The minimum Gasteiger partial charge on any atom is -0.492 e. The second kappa shape index (κ2) is 9.11. The second-order valence-corrected chi connectivity index (χ2v) is 7.67. The van der Waals surface area contributed by atoms with Gasteiger partial charge in [0, 0.05) is 13.1 Å². The van der Waals surface area contributed by atoms with Gasteiger partial charge < -0.3 is 10.1 Å². The molecule has 0 saturated heterocycles. The molecule has 2 aromatic rings. The van der Waals surface area contributed by atoms with Crippen LogP contribution in [0.2, 0.25) is 0 Å². The summed E-state index contributed by atoms with van der Waals surface area (Å²) in [5, 5.41) is 2.35. The van der Waals surface area contributed by atoms with Gasteiger partial charge >= 0.3 is 0 Å². The van der Waals surface area contributed by atoms with Gasteiger partial charge in [0.15, 0.2) is 0 Å². The molecule has 1 N–H and O–H groups in total. The van der Waals surface area contributed by atoms with Crippen molar-refractivity contribution >= 4 is 21.6 Å². The summed E-state index contributed by atoms with van der Waals surface area (Å²) in [5.74, 6) is -2.91. The molecule has 0 aromatic heterocycles. The van der Waals surface area contributed by atoms with Crippen molar-refractivity contribution in [2.75, 3.05) is 25.0 Å². The topological polar surface area (TPSA) is 75.7 Å². The molecule has 0 saturated carbocycles. The molecule has 0 aliphatic heterocycles. The number of sulfonamides is 1. The third kappa shape index (κ3) is 4.48. The summed E-state index contributed by atoms with van der Waals surface area (Å²) in [7, 11) is -3.79. The zero-order valence-electron chi connectivity index (χ0n) is 15.8. The van der Waals surface area contributed by atoms with Crippen LogP contribution < -0.4 is 10.1 Å². The first-order valence-electron chi connectivity index (χ1n) is 8.78. The van der Waals surface area contributed by atoms with E-state index in [1.165, 1.54) is 22.5 Å². The number of nitrogens with one attached hydrogen (secondary N) is 1. The van der Waals surface area contributed by atoms with E-state index in [4.69, 9.17) is 4.74 Å². The van der Waals surface area contributed by atoms with Crippen molar-refractivity contribution in [3.05, 3.63) is 53.6 Å². The highest BCUT2D eigenvalue weighted by Gasteiger charge is 2.24. The zero-order chi connectivity index (χ0) is 20.9. The molecule has 6 nitrogen and oxygen atoms in total. The van der Waals surface area contributed by atoms with Gasteiger partial charge in [-0.05, 0) is 37.3 Å². The Bertz CT molecular complexity index is 940. The number of halogens is 2. The summed E-state index contributed by atoms with van der Waals surface area (Å²) in [4.78, 5) is 12.3. The van der Waals surface area contributed by atoms with Crippen LogP contribution in [-0.4, -0.2) is 38.3 Å². The monoisotopic (exact) mass is 412 g/mol. The molecule has 0 aliphatic carbocycles. The molecule has 0 heterocycles. The van der Waals surface area contributed by atoms with Crippen LogP contribution in [0.5, 0.6) is 5.75 Å². The molecule has 2 rings (SSSR count). The number of carbonyl (C=O) groups is 1. The summed E-state index contributed by atoms with van der Waals surface area (Å²) >= 11 is 0. The fraction of sp³-hybridized carbons (Fsp3) is 0.316. The molecule has 0 fully saturated rings. The van der Waals surface area contributed by atoms with Crippen LogP contribution in [0.15, 0.2) is 41.3 Å². The number of nitrogens with zero attached hydrogens (tertiary/aromatic N) is 1. The third-order valence-corrected chi connectivity index (χ3v) is 6.08. The molecule has 0 atom stereocenters. The minimum absolute atomic E-state index is 0.00253. The lowest BCUT2D eigenvalue weighted by molar-refractivity contribution is 0.101. The predicted octanol–water partition coefficient (Wildman–Crippen LogP) is 3.65. The van der Waals surface area contributed by atoms with Gasteiger partial charge in [0.05, 0.1) is 17.2 Å². The second-order valence-electron chi connectivity index (χ2n) is 5.73. The quantitative estimate of drug-likeness (QED) is 0.718. The fourth-order valence-electron chi connectivity index (χ4n) is 2.66. The van der Waals surface area contributed by atoms with Crippen molar-refractivity contribution in [3.8, 4) is 5.75 Å². The Morgan fingerprint density at radius 1 is 1.07 bits per heavy atom. The lowest BCUT2D eigenvalue weighted by Crippen LogP contribution is -2.30. The van der Waals surface area contributed by atoms with Crippen molar-refractivity contribution in [1.29, 1.82) is 0 Å². The molecule has 0 unspecified atom stereocenters. The Labute approximate surface area is 163 Å². The average molecular weight is 412 g/mol. The normalized spacial score (nSPS) is 11.5. The summed E-state index contributed by atoms with van der Waals surface area (Å²) in [6, 6.07) is 7.04. The van der Waals surface area contributed by atoms with E-state index in [1.54, 1.807) is 20.8 Å². The van der Waals surface area contributed by atoms with Gasteiger partial charge in [-0.1, -0.05) is 19.9 Å². The van der Waals surface area contributed by atoms with Crippen molar-refractivity contribution in [2.24, 2.45) is 0 Å². The Kier molecular flexibility index (Phi) is 7.09. The standard InChI is InChI=1S/C19H22F2N2O4S/c1-4-23(5-2)28(25,26)13-10-11-17(27-6-3)16(12-13)22-19(24)18-14(20)8-7-9-15(18)21/h7-12H,4-6H2,1-3H3,(H,22,24). The maximum atomic E-state index is 13.9. The van der Waals surface area contributed by atoms with Crippen LogP contribution in [0.4, 0.5) is 14.5 Å². The van der Waals surface area contributed by atoms with E-state index in [9.17, 15) is 22.0 Å².